The molecule has 4 rings (SSSR count). The van der Waals surface area contributed by atoms with Crippen molar-refractivity contribution in [2.24, 2.45) is 0 Å². The van der Waals surface area contributed by atoms with Gasteiger partial charge in [0.1, 0.15) is 12.3 Å². The van der Waals surface area contributed by atoms with E-state index in [1.165, 1.54) is 0 Å². The van der Waals surface area contributed by atoms with Crippen molar-refractivity contribution in [2.75, 3.05) is 0 Å². The third kappa shape index (κ3) is 3.20. The number of halogens is 1. The highest BCUT2D eigenvalue weighted by Crippen LogP contribution is 2.26. The molecule has 0 radical (unpaired) electrons. The van der Waals surface area contributed by atoms with Crippen LogP contribution in [-0.4, -0.2) is 10.5 Å². The normalized spacial score (nSPS) is 11.0. The third-order valence-electron chi connectivity index (χ3n) is 4.48. The maximum absolute atomic E-state index is 12.8. The van der Waals surface area contributed by atoms with E-state index in [4.69, 9.17) is 16.3 Å². The Hall–Kier alpha value is -3.11. The maximum atomic E-state index is 12.8. The van der Waals surface area contributed by atoms with Gasteiger partial charge < -0.3 is 9.30 Å². The molecular formula is C22H16ClNO3. The van der Waals surface area contributed by atoms with E-state index in [9.17, 15) is 9.59 Å². The molecule has 0 bridgehead atoms. The van der Waals surface area contributed by atoms with Crippen molar-refractivity contribution in [3.05, 3.63) is 87.5 Å². The summed E-state index contributed by atoms with van der Waals surface area (Å²) in [6.07, 6.45) is 0. The summed E-state index contributed by atoms with van der Waals surface area (Å²) in [5, 5.41) is 1.51. The number of esters is 1. The fourth-order valence-electron chi connectivity index (χ4n) is 3.22. The van der Waals surface area contributed by atoms with Crippen LogP contribution in [0.4, 0.5) is 0 Å². The lowest BCUT2D eigenvalue weighted by molar-refractivity contribution is -0.134. The molecule has 0 saturated carbocycles. The molecule has 1 aromatic heterocycles. The molecule has 5 heteroatoms. The number of hydrogen-bond donors (Lipinski definition) is 0. The molecule has 0 N–H and O–H groups in total. The zero-order valence-electron chi connectivity index (χ0n) is 14.6. The molecule has 0 aliphatic rings. The Bertz CT molecular complexity index is 1180. The summed E-state index contributed by atoms with van der Waals surface area (Å²) in [4.78, 5) is 25.4. The average molecular weight is 378 g/mol. The van der Waals surface area contributed by atoms with Gasteiger partial charge in [0, 0.05) is 10.8 Å². The molecule has 0 aliphatic carbocycles. The molecule has 0 spiro atoms. The number of carbonyl (C=O) groups excluding carboxylic acids is 1. The van der Waals surface area contributed by atoms with E-state index in [0.29, 0.717) is 32.6 Å². The van der Waals surface area contributed by atoms with Gasteiger partial charge in [-0.1, -0.05) is 41.9 Å². The fourth-order valence-corrected chi connectivity index (χ4v) is 3.38. The monoisotopic (exact) mass is 377 g/mol. The van der Waals surface area contributed by atoms with Crippen LogP contribution in [0.5, 0.6) is 5.75 Å². The molecule has 4 aromatic rings. The van der Waals surface area contributed by atoms with Gasteiger partial charge in [0.15, 0.2) is 5.43 Å². The Labute approximate surface area is 160 Å². The highest BCUT2D eigenvalue weighted by molar-refractivity contribution is 6.32. The number of rotatable bonds is 3. The quantitative estimate of drug-likeness (QED) is 0.295. The summed E-state index contributed by atoms with van der Waals surface area (Å²) >= 11 is 6.13. The second kappa shape index (κ2) is 6.89. The van der Waals surface area contributed by atoms with Crippen LogP contribution in [-0.2, 0) is 11.3 Å². The highest BCUT2D eigenvalue weighted by Gasteiger charge is 2.15. The number of para-hydroxylation sites is 2. The van der Waals surface area contributed by atoms with Crippen molar-refractivity contribution in [1.82, 2.24) is 4.57 Å². The number of benzene rings is 3. The van der Waals surface area contributed by atoms with Crippen LogP contribution in [0.1, 0.15) is 5.56 Å². The first-order valence-electron chi connectivity index (χ1n) is 8.52. The standard InChI is InChI=1S/C22H16ClNO3/c1-14-10-11-17(23)20(12-14)27-21(25)13-24-18-8-4-2-6-15(18)22(26)16-7-3-5-9-19(16)24/h2-12H,13H2,1H3. The van der Waals surface area contributed by atoms with E-state index in [-0.39, 0.29) is 12.0 Å². The minimum Gasteiger partial charge on any atom is -0.424 e. The van der Waals surface area contributed by atoms with Gasteiger partial charge >= 0.3 is 5.97 Å². The summed E-state index contributed by atoms with van der Waals surface area (Å²) in [5.41, 5.74) is 2.27. The lowest BCUT2D eigenvalue weighted by Crippen LogP contribution is -2.20. The molecule has 0 aliphatic heterocycles. The molecule has 0 amide bonds. The predicted octanol–water partition coefficient (Wildman–Crippen LogP) is 4.72. The summed E-state index contributed by atoms with van der Waals surface area (Å²) in [6.45, 7) is 1.86. The number of nitrogens with zero attached hydrogens (tertiary/aromatic N) is 1. The smallest absolute Gasteiger partial charge is 0.331 e. The molecule has 1 heterocycles. The van der Waals surface area contributed by atoms with Crippen LogP contribution in [0.15, 0.2) is 71.5 Å². The summed E-state index contributed by atoms with van der Waals surface area (Å²) in [7, 11) is 0. The Morgan fingerprint density at radius 1 is 0.963 bits per heavy atom. The summed E-state index contributed by atoms with van der Waals surface area (Å²) in [5.74, 6) is -0.127. The van der Waals surface area contributed by atoms with Crippen LogP contribution in [0.25, 0.3) is 21.8 Å². The minimum absolute atomic E-state index is 0.0361. The van der Waals surface area contributed by atoms with Gasteiger partial charge in [-0.3, -0.25) is 4.79 Å². The van der Waals surface area contributed by atoms with Gasteiger partial charge in [0.2, 0.25) is 0 Å². The average Bonchev–Trinajstić information content (AvgIpc) is 2.68. The maximum Gasteiger partial charge on any atom is 0.331 e. The molecule has 0 fully saturated rings. The number of aryl methyl sites for hydroxylation is 1. The largest absolute Gasteiger partial charge is 0.424 e. The number of carbonyl (C=O) groups is 1. The number of fused-ring (bicyclic) bond motifs is 2. The van der Waals surface area contributed by atoms with Crippen molar-refractivity contribution in [3.8, 4) is 5.75 Å². The molecule has 27 heavy (non-hydrogen) atoms. The molecule has 3 aromatic carbocycles. The Balaban J connectivity index is 1.81. The first kappa shape index (κ1) is 17.3. The zero-order valence-corrected chi connectivity index (χ0v) is 15.4. The van der Waals surface area contributed by atoms with Gasteiger partial charge in [-0.25, -0.2) is 4.79 Å². The topological polar surface area (TPSA) is 48.3 Å². The predicted molar refractivity (Wildman–Crippen MR) is 108 cm³/mol. The fraction of sp³-hybridized carbons (Fsp3) is 0.0909. The Kier molecular flexibility index (Phi) is 4.42. The van der Waals surface area contributed by atoms with E-state index in [1.54, 1.807) is 28.8 Å². The molecular weight excluding hydrogens is 362 g/mol. The number of pyridine rings is 1. The second-order valence-electron chi connectivity index (χ2n) is 6.36. The van der Waals surface area contributed by atoms with Crippen LogP contribution in [0.2, 0.25) is 5.02 Å². The van der Waals surface area contributed by atoms with Crippen molar-refractivity contribution < 1.29 is 9.53 Å². The van der Waals surface area contributed by atoms with E-state index in [2.05, 4.69) is 0 Å². The first-order valence-corrected chi connectivity index (χ1v) is 8.89. The van der Waals surface area contributed by atoms with Crippen LogP contribution in [0, 0.1) is 6.92 Å². The Morgan fingerprint density at radius 3 is 2.19 bits per heavy atom. The third-order valence-corrected chi connectivity index (χ3v) is 4.79. The SMILES string of the molecule is Cc1ccc(Cl)c(OC(=O)Cn2c3ccccc3c(=O)c3ccccc32)c1. The van der Waals surface area contributed by atoms with E-state index < -0.39 is 5.97 Å². The summed E-state index contributed by atoms with van der Waals surface area (Å²) < 4.78 is 7.29. The van der Waals surface area contributed by atoms with E-state index in [0.717, 1.165) is 5.56 Å². The van der Waals surface area contributed by atoms with Crippen LogP contribution < -0.4 is 10.2 Å². The van der Waals surface area contributed by atoms with Gasteiger partial charge in [-0.05, 0) is 48.9 Å². The zero-order chi connectivity index (χ0) is 19.0. The second-order valence-corrected chi connectivity index (χ2v) is 6.76. The van der Waals surface area contributed by atoms with Crippen molar-refractivity contribution in [2.45, 2.75) is 13.5 Å². The van der Waals surface area contributed by atoms with Crippen molar-refractivity contribution >= 4 is 39.4 Å². The van der Waals surface area contributed by atoms with Gasteiger partial charge in [0.05, 0.1) is 16.1 Å². The van der Waals surface area contributed by atoms with Crippen LogP contribution in [0.3, 0.4) is 0 Å². The molecule has 134 valence electrons. The first-order chi connectivity index (χ1) is 13.0. The van der Waals surface area contributed by atoms with E-state index >= 15 is 0 Å². The van der Waals surface area contributed by atoms with Gasteiger partial charge in [-0.15, -0.1) is 0 Å². The van der Waals surface area contributed by atoms with Gasteiger partial charge in [-0.2, -0.15) is 0 Å². The number of hydrogen-bond acceptors (Lipinski definition) is 3. The molecule has 0 unspecified atom stereocenters. The van der Waals surface area contributed by atoms with E-state index in [1.807, 2.05) is 49.4 Å². The van der Waals surface area contributed by atoms with Crippen molar-refractivity contribution in [1.29, 1.82) is 0 Å². The number of aromatic nitrogens is 1. The molecule has 0 atom stereocenters. The van der Waals surface area contributed by atoms with Gasteiger partial charge in [0.25, 0.3) is 0 Å². The van der Waals surface area contributed by atoms with Crippen molar-refractivity contribution in [3.63, 3.8) is 0 Å². The highest BCUT2D eigenvalue weighted by atomic mass is 35.5. The lowest BCUT2D eigenvalue weighted by Gasteiger charge is -2.15. The molecule has 4 nitrogen and oxygen atoms in total. The Morgan fingerprint density at radius 2 is 1.56 bits per heavy atom. The lowest BCUT2D eigenvalue weighted by atomic mass is 10.1. The minimum atomic E-state index is -0.457. The number of ether oxygens (including phenoxy) is 1. The summed E-state index contributed by atoms with van der Waals surface area (Å²) in [6, 6.07) is 19.8. The van der Waals surface area contributed by atoms with Crippen LogP contribution >= 0.6 is 11.6 Å². The molecule has 0 saturated heterocycles.